The first kappa shape index (κ1) is 21.5. The van der Waals surface area contributed by atoms with Crippen molar-refractivity contribution in [1.29, 1.82) is 0 Å². The van der Waals surface area contributed by atoms with Gasteiger partial charge in [-0.3, -0.25) is 24.1 Å². The number of H-pyrrole nitrogens is 1. The Morgan fingerprint density at radius 3 is 2.52 bits per heavy atom. The number of carbonyl (C=O) groups excluding carboxylic acids is 2. The largest absolute Gasteiger partial charge is 0.489 e. The number of nitrogens with one attached hydrogen (secondary N) is 1. The molecule has 0 spiro atoms. The SMILES string of the molecule is O=C(O)CN1C(=O)[C@@H]2[C@H](c3ccccc3OCc3ccccc3)c3sc(=O)[nH]c3S[C@@H]2C1=O. The maximum atomic E-state index is 13.3. The number of hydrogen-bond donors (Lipinski definition) is 2. The lowest BCUT2D eigenvalue weighted by molar-refractivity contribution is -0.149. The van der Waals surface area contributed by atoms with Crippen molar-refractivity contribution in [3.05, 3.63) is 80.3 Å². The van der Waals surface area contributed by atoms with Crippen molar-refractivity contribution in [3.63, 3.8) is 0 Å². The molecule has 1 fully saturated rings. The van der Waals surface area contributed by atoms with Gasteiger partial charge in [0.2, 0.25) is 11.8 Å². The Balaban J connectivity index is 1.57. The van der Waals surface area contributed by atoms with E-state index in [9.17, 15) is 24.3 Å². The minimum atomic E-state index is -1.26. The summed E-state index contributed by atoms with van der Waals surface area (Å²) < 4.78 is 6.11. The van der Waals surface area contributed by atoms with Gasteiger partial charge in [-0.25, -0.2) is 0 Å². The number of carbonyl (C=O) groups is 3. The zero-order valence-electron chi connectivity index (χ0n) is 17.1. The minimum absolute atomic E-state index is 0.276. The van der Waals surface area contributed by atoms with Crippen molar-refractivity contribution in [2.24, 2.45) is 5.92 Å². The number of aromatic amines is 1. The number of hydrogen-bond acceptors (Lipinski definition) is 7. The quantitative estimate of drug-likeness (QED) is 0.519. The maximum absolute atomic E-state index is 13.3. The van der Waals surface area contributed by atoms with Crippen molar-refractivity contribution < 1.29 is 24.2 Å². The highest BCUT2D eigenvalue weighted by Gasteiger charge is 2.56. The van der Waals surface area contributed by atoms with Crippen molar-refractivity contribution >= 4 is 40.9 Å². The second kappa shape index (κ2) is 8.53. The molecule has 2 aliphatic rings. The topological polar surface area (TPSA) is 117 Å². The molecule has 1 saturated heterocycles. The van der Waals surface area contributed by atoms with Crippen LogP contribution in [0, 0.1) is 5.92 Å². The van der Waals surface area contributed by atoms with E-state index in [-0.39, 0.29) is 4.87 Å². The van der Waals surface area contributed by atoms with E-state index < -0.39 is 41.4 Å². The second-order valence-corrected chi connectivity index (χ2v) is 9.88. The lowest BCUT2D eigenvalue weighted by Gasteiger charge is -2.30. The molecule has 1 aromatic heterocycles. The molecule has 2 aromatic carbocycles. The zero-order chi connectivity index (χ0) is 23.1. The first-order valence-corrected chi connectivity index (χ1v) is 11.9. The molecule has 3 heterocycles. The summed E-state index contributed by atoms with van der Waals surface area (Å²) in [5.41, 5.74) is 1.65. The van der Waals surface area contributed by atoms with E-state index in [1.807, 2.05) is 48.5 Å². The Labute approximate surface area is 196 Å². The fourth-order valence-corrected chi connectivity index (χ4v) is 6.83. The van der Waals surface area contributed by atoms with Crippen LogP contribution in [0.3, 0.4) is 0 Å². The standard InChI is InChI=1S/C23H18N2O6S2/c26-15(27)10-25-21(28)17-16(18-20(24-23(30)33-18)32-19(17)22(25)29)13-8-4-5-9-14(13)31-11-12-6-2-1-3-7-12/h1-9,16-17,19H,10-11H2,(H,24,30)(H,26,27)/t16-,17+,19-/m0/s1. The van der Waals surface area contributed by atoms with Gasteiger partial charge in [0.1, 0.15) is 24.2 Å². The Morgan fingerprint density at radius 1 is 1.03 bits per heavy atom. The van der Waals surface area contributed by atoms with Gasteiger partial charge >= 0.3 is 10.8 Å². The molecule has 3 aromatic rings. The van der Waals surface area contributed by atoms with E-state index in [1.54, 1.807) is 6.07 Å². The molecule has 2 amide bonds. The van der Waals surface area contributed by atoms with Crippen molar-refractivity contribution in [3.8, 4) is 5.75 Å². The summed E-state index contributed by atoms with van der Waals surface area (Å²) in [6.07, 6.45) is 0. The van der Waals surface area contributed by atoms with Crippen LogP contribution >= 0.6 is 23.1 Å². The highest BCUT2D eigenvalue weighted by Crippen LogP contribution is 2.53. The Bertz CT molecular complexity index is 1300. The summed E-state index contributed by atoms with van der Waals surface area (Å²) in [7, 11) is 0. The molecule has 3 atom stereocenters. The molecule has 0 radical (unpaired) electrons. The van der Waals surface area contributed by atoms with Crippen LogP contribution in [-0.4, -0.2) is 44.6 Å². The minimum Gasteiger partial charge on any atom is -0.489 e. The third kappa shape index (κ3) is 3.85. The average molecular weight is 483 g/mol. The number of benzene rings is 2. The molecule has 5 rings (SSSR count). The van der Waals surface area contributed by atoms with Crippen LogP contribution in [0.15, 0.2) is 64.4 Å². The number of thiazole rings is 1. The summed E-state index contributed by atoms with van der Waals surface area (Å²) in [6.45, 7) is -0.379. The van der Waals surface area contributed by atoms with Gasteiger partial charge in [-0.2, -0.15) is 0 Å². The lowest BCUT2D eigenvalue weighted by atomic mass is 9.82. The maximum Gasteiger partial charge on any atom is 0.323 e. The van der Waals surface area contributed by atoms with Gasteiger partial charge in [0.15, 0.2) is 0 Å². The summed E-state index contributed by atoms with van der Waals surface area (Å²) in [4.78, 5) is 53.7. The number of likely N-dealkylation sites (tertiary alicyclic amines) is 1. The smallest absolute Gasteiger partial charge is 0.323 e. The third-order valence-electron chi connectivity index (χ3n) is 5.70. The number of imide groups is 1. The summed E-state index contributed by atoms with van der Waals surface area (Å²) >= 11 is 2.11. The number of aromatic nitrogens is 1. The van der Waals surface area contributed by atoms with Crippen LogP contribution in [-0.2, 0) is 21.0 Å². The molecular weight excluding hydrogens is 464 g/mol. The Hall–Kier alpha value is -3.37. The van der Waals surface area contributed by atoms with Gasteiger partial charge in [0.05, 0.1) is 10.9 Å². The number of fused-ring (bicyclic) bond motifs is 2. The second-order valence-electron chi connectivity index (χ2n) is 7.72. The number of amides is 2. The number of rotatable bonds is 6. The highest BCUT2D eigenvalue weighted by atomic mass is 32.2. The Kier molecular flexibility index (Phi) is 5.55. The van der Waals surface area contributed by atoms with Gasteiger partial charge in [-0.1, -0.05) is 71.6 Å². The monoisotopic (exact) mass is 482 g/mol. The Morgan fingerprint density at radius 2 is 1.76 bits per heavy atom. The molecule has 10 heteroatoms. The molecule has 0 aliphatic carbocycles. The first-order chi connectivity index (χ1) is 15.9. The summed E-state index contributed by atoms with van der Waals surface area (Å²) in [5, 5.41) is 8.92. The number of carboxylic acids is 1. The molecular formula is C23H18N2O6S2. The number of thioether (sulfide) groups is 1. The van der Waals surface area contributed by atoms with Crippen LogP contribution in [0.2, 0.25) is 0 Å². The van der Waals surface area contributed by atoms with E-state index in [1.165, 1.54) is 0 Å². The van der Waals surface area contributed by atoms with Crippen LogP contribution in [0.1, 0.15) is 21.9 Å². The van der Waals surface area contributed by atoms with E-state index in [0.717, 1.165) is 33.6 Å². The highest BCUT2D eigenvalue weighted by molar-refractivity contribution is 8.00. The van der Waals surface area contributed by atoms with Crippen LogP contribution in [0.25, 0.3) is 0 Å². The van der Waals surface area contributed by atoms with Gasteiger partial charge in [0, 0.05) is 16.4 Å². The molecule has 0 saturated carbocycles. The summed E-state index contributed by atoms with van der Waals surface area (Å²) in [5.74, 6) is -3.26. The normalized spacial score (nSPS) is 21.6. The molecule has 2 N–H and O–H groups in total. The fraction of sp³-hybridized carbons (Fsp3) is 0.217. The molecule has 0 unspecified atom stereocenters. The van der Waals surface area contributed by atoms with Gasteiger partial charge < -0.3 is 14.8 Å². The number of nitrogens with zero attached hydrogens (tertiary/aromatic N) is 1. The first-order valence-electron chi connectivity index (χ1n) is 10.2. The van der Waals surface area contributed by atoms with Gasteiger partial charge in [-0.15, -0.1) is 0 Å². The fourth-order valence-electron chi connectivity index (χ4n) is 4.30. The summed E-state index contributed by atoms with van der Waals surface area (Å²) in [6, 6.07) is 16.9. The molecule has 168 valence electrons. The number of carboxylic acid groups (broad SMARTS) is 1. The van der Waals surface area contributed by atoms with Crippen molar-refractivity contribution in [1.82, 2.24) is 9.88 Å². The van der Waals surface area contributed by atoms with Crippen molar-refractivity contribution in [2.45, 2.75) is 22.8 Å². The van der Waals surface area contributed by atoms with Crippen LogP contribution in [0.5, 0.6) is 5.75 Å². The van der Waals surface area contributed by atoms with Gasteiger partial charge in [-0.05, 0) is 11.6 Å². The van der Waals surface area contributed by atoms with E-state index >= 15 is 0 Å². The molecule has 8 nitrogen and oxygen atoms in total. The zero-order valence-corrected chi connectivity index (χ0v) is 18.7. The van der Waals surface area contributed by atoms with Crippen molar-refractivity contribution in [2.75, 3.05) is 6.54 Å². The lowest BCUT2D eigenvalue weighted by Crippen LogP contribution is -2.36. The third-order valence-corrected chi connectivity index (χ3v) is 8.10. The number of aliphatic carboxylic acids is 1. The van der Waals surface area contributed by atoms with E-state index in [2.05, 4.69) is 4.98 Å². The van der Waals surface area contributed by atoms with Crippen LogP contribution < -0.4 is 9.61 Å². The van der Waals surface area contributed by atoms with E-state index in [4.69, 9.17) is 4.74 Å². The predicted molar refractivity (Wildman–Crippen MR) is 121 cm³/mol. The molecule has 33 heavy (non-hydrogen) atoms. The average Bonchev–Trinajstić information content (AvgIpc) is 3.29. The number of ether oxygens (including phenoxy) is 1. The van der Waals surface area contributed by atoms with E-state index in [0.29, 0.717) is 27.8 Å². The number of para-hydroxylation sites is 1. The van der Waals surface area contributed by atoms with Gasteiger partial charge in [0.25, 0.3) is 0 Å². The predicted octanol–water partition coefficient (Wildman–Crippen LogP) is 2.69. The molecule has 0 bridgehead atoms. The molecule has 2 aliphatic heterocycles. The van der Waals surface area contributed by atoms with Crippen LogP contribution in [0.4, 0.5) is 0 Å².